The van der Waals surface area contributed by atoms with E-state index < -0.39 is 22.9 Å². The average molecular weight is 332 g/mol. The molecule has 7 nitrogen and oxygen atoms in total. The zero-order valence-electron chi connectivity index (χ0n) is 13.5. The van der Waals surface area contributed by atoms with Crippen LogP contribution in [-0.2, 0) is 14.3 Å². The van der Waals surface area contributed by atoms with Crippen LogP contribution in [0.5, 0.6) is 0 Å². The molecule has 128 valence electrons. The van der Waals surface area contributed by atoms with Gasteiger partial charge >= 0.3 is 5.97 Å². The molecular formula is C17H20N2O5. The van der Waals surface area contributed by atoms with Gasteiger partial charge in [-0.3, -0.25) is 19.7 Å². The van der Waals surface area contributed by atoms with E-state index >= 15 is 0 Å². The summed E-state index contributed by atoms with van der Waals surface area (Å²) in [7, 11) is 0. The lowest BCUT2D eigenvalue weighted by Gasteiger charge is -2.18. The number of benzene rings is 1. The summed E-state index contributed by atoms with van der Waals surface area (Å²) in [5.74, 6) is -0.384. The summed E-state index contributed by atoms with van der Waals surface area (Å²) < 4.78 is 5.41. The van der Waals surface area contributed by atoms with Gasteiger partial charge < -0.3 is 9.64 Å². The van der Waals surface area contributed by atoms with Crippen LogP contribution in [0.1, 0.15) is 37.9 Å². The van der Waals surface area contributed by atoms with Crippen LogP contribution in [0, 0.1) is 22.0 Å². The van der Waals surface area contributed by atoms with Gasteiger partial charge in [0.05, 0.1) is 16.4 Å². The Balaban J connectivity index is 1.62. The van der Waals surface area contributed by atoms with E-state index in [1.165, 1.54) is 6.07 Å². The summed E-state index contributed by atoms with van der Waals surface area (Å²) in [6.45, 7) is 2.72. The highest BCUT2D eigenvalue weighted by atomic mass is 16.6. The van der Waals surface area contributed by atoms with Crippen molar-refractivity contribution in [2.24, 2.45) is 11.8 Å². The van der Waals surface area contributed by atoms with Crippen molar-refractivity contribution in [1.82, 2.24) is 4.90 Å². The SMILES string of the molecule is C[C@@H](OC(=O)[C@H]1CC(=O)N(CC2CC2)C1)c1ccccc1[N+](=O)[O-]. The molecule has 24 heavy (non-hydrogen) atoms. The molecule has 7 heteroatoms. The molecule has 2 fully saturated rings. The predicted octanol–water partition coefficient (Wildman–Crippen LogP) is 2.46. The quantitative estimate of drug-likeness (QED) is 0.453. The Morgan fingerprint density at radius 3 is 2.79 bits per heavy atom. The fourth-order valence-corrected chi connectivity index (χ4v) is 3.05. The fourth-order valence-electron chi connectivity index (χ4n) is 3.05. The highest BCUT2D eigenvalue weighted by Gasteiger charge is 2.38. The number of rotatable bonds is 6. The Bertz CT molecular complexity index is 671. The highest BCUT2D eigenvalue weighted by molar-refractivity contribution is 5.87. The van der Waals surface area contributed by atoms with Gasteiger partial charge in [-0.15, -0.1) is 0 Å². The molecular weight excluding hydrogens is 312 g/mol. The number of amides is 1. The lowest BCUT2D eigenvalue weighted by molar-refractivity contribution is -0.386. The molecule has 3 rings (SSSR count). The van der Waals surface area contributed by atoms with Gasteiger partial charge in [0, 0.05) is 25.6 Å². The van der Waals surface area contributed by atoms with Crippen LogP contribution >= 0.6 is 0 Å². The van der Waals surface area contributed by atoms with Gasteiger partial charge in [0.25, 0.3) is 5.69 Å². The van der Waals surface area contributed by atoms with Crippen LogP contribution in [0.3, 0.4) is 0 Å². The highest BCUT2D eigenvalue weighted by Crippen LogP contribution is 2.33. The van der Waals surface area contributed by atoms with Gasteiger partial charge in [-0.1, -0.05) is 12.1 Å². The lowest BCUT2D eigenvalue weighted by atomic mass is 10.1. The molecule has 0 bridgehead atoms. The van der Waals surface area contributed by atoms with Crippen molar-refractivity contribution in [3.63, 3.8) is 0 Å². The third-order valence-electron chi connectivity index (χ3n) is 4.59. The number of nitrogens with zero attached hydrogens (tertiary/aromatic N) is 2. The molecule has 1 saturated carbocycles. The molecule has 0 unspecified atom stereocenters. The number of ether oxygens (including phenoxy) is 1. The number of nitro groups is 1. The maximum atomic E-state index is 12.3. The first kappa shape index (κ1) is 16.4. The summed E-state index contributed by atoms with van der Waals surface area (Å²) >= 11 is 0. The van der Waals surface area contributed by atoms with Gasteiger partial charge in [-0.25, -0.2) is 0 Å². The number of carbonyl (C=O) groups is 2. The zero-order valence-corrected chi connectivity index (χ0v) is 13.5. The molecule has 2 aliphatic rings. The number of likely N-dealkylation sites (tertiary alicyclic amines) is 1. The summed E-state index contributed by atoms with van der Waals surface area (Å²) in [5.41, 5.74) is 0.283. The summed E-state index contributed by atoms with van der Waals surface area (Å²) in [4.78, 5) is 36.6. The molecule has 0 N–H and O–H groups in total. The maximum Gasteiger partial charge on any atom is 0.311 e. The minimum atomic E-state index is -0.730. The van der Waals surface area contributed by atoms with Crippen molar-refractivity contribution in [3.8, 4) is 0 Å². The van der Waals surface area contributed by atoms with Gasteiger partial charge in [0.15, 0.2) is 0 Å². The average Bonchev–Trinajstić information content (AvgIpc) is 3.29. The zero-order chi connectivity index (χ0) is 17.3. The van der Waals surface area contributed by atoms with Gasteiger partial charge in [-0.05, 0) is 31.7 Å². The van der Waals surface area contributed by atoms with Crippen LogP contribution in [0.25, 0.3) is 0 Å². The Hall–Kier alpha value is -2.44. The van der Waals surface area contributed by atoms with Crippen LogP contribution in [0.15, 0.2) is 24.3 Å². The molecule has 0 spiro atoms. The number of nitro benzene ring substituents is 1. The molecule has 1 saturated heterocycles. The Morgan fingerprint density at radius 1 is 1.42 bits per heavy atom. The molecule has 1 aliphatic carbocycles. The standard InChI is InChI=1S/C17H20N2O5/c1-11(14-4-2-3-5-15(14)19(22)23)24-17(21)13-8-16(20)18(10-13)9-12-6-7-12/h2-5,11-13H,6-10H2,1H3/t11-,13+/m1/s1. The lowest BCUT2D eigenvalue weighted by Crippen LogP contribution is -2.29. The molecule has 1 amide bonds. The summed E-state index contributed by atoms with van der Waals surface area (Å²) in [6.07, 6.45) is 1.72. The number of hydrogen-bond acceptors (Lipinski definition) is 5. The van der Waals surface area contributed by atoms with E-state index in [2.05, 4.69) is 0 Å². The minimum Gasteiger partial charge on any atom is -0.457 e. The third kappa shape index (κ3) is 3.55. The first-order valence-electron chi connectivity index (χ1n) is 8.17. The number of hydrogen-bond donors (Lipinski definition) is 0. The van der Waals surface area contributed by atoms with E-state index in [9.17, 15) is 19.7 Å². The molecule has 1 aliphatic heterocycles. The predicted molar refractivity (Wildman–Crippen MR) is 85.0 cm³/mol. The van der Waals surface area contributed by atoms with Crippen molar-refractivity contribution in [2.45, 2.75) is 32.3 Å². The maximum absolute atomic E-state index is 12.3. The first-order chi connectivity index (χ1) is 11.5. The second kappa shape index (κ2) is 6.59. The largest absolute Gasteiger partial charge is 0.457 e. The Morgan fingerprint density at radius 2 is 2.12 bits per heavy atom. The number of carbonyl (C=O) groups excluding carboxylic acids is 2. The topological polar surface area (TPSA) is 89.8 Å². The van der Waals surface area contributed by atoms with Crippen molar-refractivity contribution in [3.05, 3.63) is 39.9 Å². The Kier molecular flexibility index (Phi) is 4.51. The molecule has 0 radical (unpaired) electrons. The summed E-state index contributed by atoms with van der Waals surface area (Å²) in [6, 6.07) is 6.20. The van der Waals surface area contributed by atoms with E-state index in [0.717, 1.165) is 19.4 Å². The van der Waals surface area contributed by atoms with Crippen molar-refractivity contribution >= 4 is 17.6 Å². The van der Waals surface area contributed by atoms with Crippen LogP contribution in [0.2, 0.25) is 0 Å². The Labute approximate surface area is 139 Å². The second-order valence-corrected chi connectivity index (χ2v) is 6.54. The third-order valence-corrected chi connectivity index (χ3v) is 4.59. The van der Waals surface area contributed by atoms with E-state index in [1.807, 2.05) is 0 Å². The van der Waals surface area contributed by atoms with Crippen molar-refractivity contribution in [1.29, 1.82) is 0 Å². The van der Waals surface area contributed by atoms with Crippen molar-refractivity contribution in [2.75, 3.05) is 13.1 Å². The first-order valence-corrected chi connectivity index (χ1v) is 8.17. The molecule has 0 aromatic heterocycles. The van der Waals surface area contributed by atoms with Gasteiger partial charge in [0.2, 0.25) is 5.91 Å². The smallest absolute Gasteiger partial charge is 0.311 e. The monoisotopic (exact) mass is 332 g/mol. The normalized spacial score (nSPS) is 21.6. The molecule has 1 aromatic rings. The van der Waals surface area contributed by atoms with E-state index in [0.29, 0.717) is 18.0 Å². The van der Waals surface area contributed by atoms with E-state index in [-0.39, 0.29) is 18.0 Å². The molecule has 2 atom stereocenters. The van der Waals surface area contributed by atoms with Crippen LogP contribution in [0.4, 0.5) is 5.69 Å². The van der Waals surface area contributed by atoms with E-state index in [1.54, 1.807) is 30.0 Å². The van der Waals surface area contributed by atoms with Crippen LogP contribution in [-0.4, -0.2) is 34.8 Å². The fraction of sp³-hybridized carbons (Fsp3) is 0.529. The molecule has 1 aromatic carbocycles. The number of para-hydroxylation sites is 1. The minimum absolute atomic E-state index is 0.0119. The molecule has 1 heterocycles. The second-order valence-electron chi connectivity index (χ2n) is 6.54. The van der Waals surface area contributed by atoms with Gasteiger partial charge in [0.1, 0.15) is 6.10 Å². The summed E-state index contributed by atoms with van der Waals surface area (Å²) in [5, 5.41) is 11.1. The number of esters is 1. The van der Waals surface area contributed by atoms with E-state index in [4.69, 9.17) is 4.74 Å². The van der Waals surface area contributed by atoms with Crippen LogP contribution < -0.4 is 0 Å². The van der Waals surface area contributed by atoms with Gasteiger partial charge in [-0.2, -0.15) is 0 Å². The van der Waals surface area contributed by atoms with Crippen molar-refractivity contribution < 1.29 is 19.2 Å².